The maximum absolute atomic E-state index is 15.8. The normalized spacial score (nSPS) is 22.7. The quantitative estimate of drug-likeness (QED) is 0.264. The first-order chi connectivity index (χ1) is 29.4. The number of benzene rings is 2. The number of likely N-dealkylation sites (N-methyl/N-ethyl adjacent to an activating group) is 1. The molecule has 4 saturated heterocycles. The summed E-state index contributed by atoms with van der Waals surface area (Å²) in [6.45, 7) is 6.37. The van der Waals surface area contributed by atoms with Crippen molar-refractivity contribution in [2.24, 2.45) is 11.7 Å². The third-order valence-electron chi connectivity index (χ3n) is 13.1. The number of fused-ring (bicyclic) bond motifs is 2. The minimum atomic E-state index is -1.00. The van der Waals surface area contributed by atoms with Gasteiger partial charge in [-0.15, -0.1) is 10.2 Å². The number of carbonyl (C=O) groups is 6. The zero-order valence-electron chi connectivity index (χ0n) is 34.1. The van der Waals surface area contributed by atoms with Crippen molar-refractivity contribution in [3.05, 3.63) is 64.1 Å². The number of rotatable bonds is 9. The van der Waals surface area contributed by atoms with Crippen LogP contribution < -0.4 is 26.2 Å². The maximum atomic E-state index is 15.8. The fraction of sp³-hybridized carbons (Fsp3) is 0.500. The second-order valence-electron chi connectivity index (χ2n) is 16.9. The molecule has 61 heavy (non-hydrogen) atoms. The van der Waals surface area contributed by atoms with Crippen LogP contribution in [0.25, 0.3) is 0 Å². The largest absolute Gasteiger partial charge is 0.371 e. The number of aromatic nitrogens is 3. The summed E-state index contributed by atoms with van der Waals surface area (Å²) in [5, 5.41) is 13.7. The SMILES string of the molecule is CN1CCN([C@@H]2CCCN(c3nnc(C(N)=O)c(Nc4cc(F)c5c(c4)CCN(CC4CCN(c6ccc7c(c6)C(=O)N(C6CCC(=O)NC6=O)C7=O)CC4)CC5)n3)C2)C1=O. The second-order valence-corrected chi connectivity index (χ2v) is 16.9. The summed E-state index contributed by atoms with van der Waals surface area (Å²) in [5.74, 6) is -2.43. The number of halogens is 1. The number of nitrogens with one attached hydrogen (secondary N) is 2. The zero-order chi connectivity index (χ0) is 42.5. The zero-order valence-corrected chi connectivity index (χ0v) is 34.1. The van der Waals surface area contributed by atoms with Crippen molar-refractivity contribution < 1.29 is 33.2 Å². The number of hydrogen-bond acceptors (Lipinski definition) is 13. The summed E-state index contributed by atoms with van der Waals surface area (Å²) in [4.78, 5) is 91.6. The Kier molecular flexibility index (Phi) is 10.7. The first-order valence-corrected chi connectivity index (χ1v) is 21.1. The van der Waals surface area contributed by atoms with Gasteiger partial charge in [-0.25, -0.2) is 9.18 Å². The molecule has 320 valence electrons. The number of primary amides is 1. The third kappa shape index (κ3) is 7.81. The predicted octanol–water partition coefficient (Wildman–Crippen LogP) is 1.91. The molecular weight excluding hydrogens is 788 g/mol. The standard InChI is InChI=1S/C42H49FN12O6/c1-50-17-18-54(42(50)61)28-3-2-12-53(23-28)41-47-37(35(36(44)57)48-49-41)45-26-19-25-10-13-51(14-11-29(25)32(43)20-26)22-24-8-15-52(16-9-24)27-4-5-30-31(21-27)40(60)55(39(30)59)33-6-7-34(56)46-38(33)58/h4-5,19-21,24,28,33H,2-3,6-18,22-23H2,1H3,(H2,44,57)(H,45,47,49)(H,46,56,58)/t28-,33?/m1/s1. The number of amides is 7. The summed E-state index contributed by atoms with van der Waals surface area (Å²) in [7, 11) is 1.79. The summed E-state index contributed by atoms with van der Waals surface area (Å²) in [5.41, 5.74) is 8.87. The molecule has 19 heteroatoms. The van der Waals surface area contributed by atoms with E-state index >= 15 is 4.39 Å². The molecule has 7 heterocycles. The van der Waals surface area contributed by atoms with Crippen molar-refractivity contribution in [2.75, 3.05) is 81.1 Å². The number of anilines is 4. The molecule has 9 rings (SSSR count). The highest BCUT2D eigenvalue weighted by Crippen LogP contribution is 2.34. The number of nitrogens with two attached hydrogens (primary N) is 1. The first kappa shape index (κ1) is 40.2. The van der Waals surface area contributed by atoms with Gasteiger partial charge in [-0.05, 0) is 92.3 Å². The van der Waals surface area contributed by atoms with Gasteiger partial charge in [-0.1, -0.05) is 0 Å². The van der Waals surface area contributed by atoms with Crippen molar-refractivity contribution in [2.45, 2.75) is 63.5 Å². The highest BCUT2D eigenvalue weighted by Gasteiger charge is 2.45. The Morgan fingerprint density at radius 3 is 2.41 bits per heavy atom. The van der Waals surface area contributed by atoms with Crippen LogP contribution in [-0.4, -0.2) is 148 Å². The summed E-state index contributed by atoms with van der Waals surface area (Å²) in [6.07, 6.45) is 4.88. The Morgan fingerprint density at radius 1 is 0.869 bits per heavy atom. The van der Waals surface area contributed by atoms with Crippen LogP contribution in [-0.2, 0) is 22.4 Å². The lowest BCUT2D eigenvalue weighted by atomic mass is 9.95. The van der Waals surface area contributed by atoms with Gasteiger partial charge in [0.15, 0.2) is 11.5 Å². The lowest BCUT2D eigenvalue weighted by Crippen LogP contribution is -2.54. The van der Waals surface area contributed by atoms with E-state index in [4.69, 9.17) is 5.73 Å². The van der Waals surface area contributed by atoms with Gasteiger partial charge in [0, 0.05) is 83.7 Å². The van der Waals surface area contributed by atoms with Gasteiger partial charge in [0.1, 0.15) is 11.9 Å². The molecular formula is C42H49FN12O6. The third-order valence-corrected chi connectivity index (χ3v) is 13.1. The molecule has 2 atom stereocenters. The van der Waals surface area contributed by atoms with Gasteiger partial charge in [-0.2, -0.15) is 4.98 Å². The average Bonchev–Trinajstić information content (AvgIpc) is 3.61. The molecule has 1 unspecified atom stereocenters. The molecule has 2 aromatic carbocycles. The van der Waals surface area contributed by atoms with Crippen LogP contribution in [0.4, 0.5) is 32.3 Å². The van der Waals surface area contributed by atoms with E-state index in [0.29, 0.717) is 68.7 Å². The number of hydrogen-bond donors (Lipinski definition) is 3. The molecule has 4 N–H and O–H groups in total. The van der Waals surface area contributed by atoms with Crippen molar-refractivity contribution in [1.29, 1.82) is 0 Å². The van der Waals surface area contributed by atoms with Crippen LogP contribution >= 0.6 is 0 Å². The summed E-state index contributed by atoms with van der Waals surface area (Å²) in [6, 6.07) is 7.55. The van der Waals surface area contributed by atoms with Crippen LogP contribution in [0.2, 0.25) is 0 Å². The van der Waals surface area contributed by atoms with E-state index in [1.807, 2.05) is 21.9 Å². The Hall–Kier alpha value is -6.24. The van der Waals surface area contributed by atoms with Gasteiger partial charge in [0.2, 0.25) is 17.8 Å². The van der Waals surface area contributed by atoms with E-state index in [0.717, 1.165) is 68.0 Å². The number of carbonyl (C=O) groups excluding carboxylic acids is 6. The van der Waals surface area contributed by atoms with E-state index in [2.05, 4.69) is 35.6 Å². The van der Waals surface area contributed by atoms with Crippen molar-refractivity contribution in [3.8, 4) is 0 Å². The minimum Gasteiger partial charge on any atom is -0.371 e. The molecule has 0 spiro atoms. The van der Waals surface area contributed by atoms with Crippen LogP contribution in [0.1, 0.15) is 80.9 Å². The van der Waals surface area contributed by atoms with Gasteiger partial charge < -0.3 is 35.6 Å². The summed E-state index contributed by atoms with van der Waals surface area (Å²) < 4.78 is 15.8. The molecule has 18 nitrogen and oxygen atoms in total. The van der Waals surface area contributed by atoms with Crippen LogP contribution in [0.15, 0.2) is 30.3 Å². The van der Waals surface area contributed by atoms with Crippen LogP contribution in [0, 0.1) is 11.7 Å². The molecule has 0 bridgehead atoms. The van der Waals surface area contributed by atoms with E-state index in [9.17, 15) is 28.8 Å². The molecule has 6 aliphatic rings. The molecule has 7 amide bonds. The van der Waals surface area contributed by atoms with E-state index in [-0.39, 0.29) is 53.4 Å². The lowest BCUT2D eigenvalue weighted by Gasteiger charge is -2.37. The van der Waals surface area contributed by atoms with Crippen molar-refractivity contribution in [1.82, 2.24) is 40.1 Å². The van der Waals surface area contributed by atoms with E-state index in [1.54, 1.807) is 24.1 Å². The second kappa shape index (κ2) is 16.3. The molecule has 0 saturated carbocycles. The Bertz CT molecular complexity index is 2320. The Morgan fingerprint density at radius 2 is 1.66 bits per heavy atom. The molecule has 3 aromatic rings. The molecule has 1 aromatic heterocycles. The van der Waals surface area contributed by atoms with Gasteiger partial charge in [-0.3, -0.25) is 34.2 Å². The maximum Gasteiger partial charge on any atom is 0.320 e. The number of piperidine rings is 3. The smallest absolute Gasteiger partial charge is 0.320 e. The minimum absolute atomic E-state index is 0.00366. The fourth-order valence-corrected chi connectivity index (χ4v) is 9.75. The number of urea groups is 1. The van der Waals surface area contributed by atoms with Gasteiger partial charge >= 0.3 is 6.03 Å². The highest BCUT2D eigenvalue weighted by atomic mass is 19.1. The first-order valence-electron chi connectivity index (χ1n) is 21.1. The topological polar surface area (TPSA) is 211 Å². The van der Waals surface area contributed by atoms with Crippen LogP contribution in [0.3, 0.4) is 0 Å². The van der Waals surface area contributed by atoms with Crippen molar-refractivity contribution >= 4 is 58.7 Å². The van der Waals surface area contributed by atoms with Gasteiger partial charge in [0.05, 0.1) is 17.2 Å². The lowest BCUT2D eigenvalue weighted by molar-refractivity contribution is -0.136. The van der Waals surface area contributed by atoms with E-state index < -0.39 is 35.6 Å². The molecule has 6 aliphatic heterocycles. The predicted molar refractivity (Wildman–Crippen MR) is 220 cm³/mol. The molecule has 4 fully saturated rings. The summed E-state index contributed by atoms with van der Waals surface area (Å²) >= 11 is 0. The highest BCUT2D eigenvalue weighted by molar-refractivity contribution is 6.23. The molecule has 0 radical (unpaired) electrons. The Labute approximate surface area is 351 Å². The number of nitrogens with zero attached hydrogens (tertiary/aromatic N) is 9. The average molecular weight is 837 g/mol. The Balaban J connectivity index is 0.812. The monoisotopic (exact) mass is 836 g/mol. The van der Waals surface area contributed by atoms with Crippen LogP contribution in [0.5, 0.6) is 0 Å². The van der Waals surface area contributed by atoms with E-state index in [1.165, 1.54) is 6.07 Å². The molecule has 0 aliphatic carbocycles. The fourth-order valence-electron chi connectivity index (χ4n) is 9.75. The van der Waals surface area contributed by atoms with Gasteiger partial charge in [0.25, 0.3) is 17.7 Å². The number of imide groups is 2. The van der Waals surface area contributed by atoms with Crippen molar-refractivity contribution in [3.63, 3.8) is 0 Å².